The van der Waals surface area contributed by atoms with E-state index in [1.54, 1.807) is 35.6 Å². The van der Waals surface area contributed by atoms with Crippen molar-refractivity contribution in [2.24, 2.45) is 5.73 Å². The third-order valence-corrected chi connectivity index (χ3v) is 6.83. The molecule has 0 fully saturated rings. The number of hydrogen-bond donors (Lipinski definition) is 2. The van der Waals surface area contributed by atoms with Crippen molar-refractivity contribution in [3.8, 4) is 0 Å². The Kier molecular flexibility index (Phi) is 12.0. The number of carbonyl (C=O) groups excluding carboxylic acids is 2. The van der Waals surface area contributed by atoms with Crippen molar-refractivity contribution < 1.29 is 23.5 Å². The molecule has 2 atom stereocenters. The van der Waals surface area contributed by atoms with Crippen molar-refractivity contribution in [1.29, 1.82) is 0 Å². The molecule has 0 spiro atoms. The maximum absolute atomic E-state index is 13.8. The minimum absolute atomic E-state index is 0.0285. The lowest BCUT2D eigenvalue weighted by atomic mass is 10.0. The van der Waals surface area contributed by atoms with Crippen LogP contribution in [0.5, 0.6) is 0 Å². The highest BCUT2D eigenvalue weighted by Gasteiger charge is 2.25. The molecule has 3 N–H and O–H groups in total. The largest absolute Gasteiger partial charge is 0.390 e. The number of aromatic nitrogens is 2. The highest BCUT2D eigenvalue weighted by atomic mass is 19.1. The molecule has 2 amide bonds. The Morgan fingerprint density at radius 2 is 1.56 bits per heavy atom. The molecule has 3 aromatic rings. The number of hydrogen-bond acceptors (Lipinski definition) is 5. The predicted octanol–water partition coefficient (Wildman–Crippen LogP) is 4.20. The second-order valence-electron chi connectivity index (χ2n) is 10.5. The third-order valence-electron chi connectivity index (χ3n) is 6.83. The van der Waals surface area contributed by atoms with E-state index in [0.29, 0.717) is 49.3 Å². The molecule has 10 heteroatoms. The molecule has 0 radical (unpaired) electrons. The first-order valence-corrected chi connectivity index (χ1v) is 14.2. The van der Waals surface area contributed by atoms with Crippen LogP contribution in [0.4, 0.5) is 8.78 Å². The summed E-state index contributed by atoms with van der Waals surface area (Å²) in [4.78, 5) is 34.5. The van der Waals surface area contributed by atoms with Gasteiger partial charge in [-0.1, -0.05) is 13.8 Å². The van der Waals surface area contributed by atoms with Crippen LogP contribution < -0.4 is 5.73 Å². The number of carbonyl (C=O) groups is 2. The number of nitrogens with two attached hydrogens (primary N) is 1. The SMILES string of the molecule is CCCN(CCC)C(=O)c1cc(C)cc(C(=O)N(CCCn2ccnc2)C[C@@H](O)[C@@H](N)Cc2cc(F)cc(F)c2)c1. The third kappa shape index (κ3) is 9.47. The molecule has 2 aromatic carbocycles. The monoisotopic (exact) mass is 569 g/mol. The van der Waals surface area contributed by atoms with E-state index in [-0.39, 0.29) is 24.8 Å². The maximum Gasteiger partial charge on any atom is 0.253 e. The molecule has 0 aliphatic rings. The van der Waals surface area contributed by atoms with E-state index in [0.717, 1.165) is 24.5 Å². The maximum atomic E-state index is 13.8. The van der Waals surface area contributed by atoms with E-state index in [2.05, 4.69) is 4.98 Å². The van der Waals surface area contributed by atoms with Gasteiger partial charge in [-0.25, -0.2) is 13.8 Å². The van der Waals surface area contributed by atoms with Gasteiger partial charge in [0.15, 0.2) is 0 Å². The van der Waals surface area contributed by atoms with Gasteiger partial charge >= 0.3 is 0 Å². The van der Waals surface area contributed by atoms with Gasteiger partial charge in [-0.2, -0.15) is 0 Å². The summed E-state index contributed by atoms with van der Waals surface area (Å²) in [6, 6.07) is 7.38. The standard InChI is InChI=1S/C31H41F2N5O3/c1-4-8-37(9-5-2)30(40)24-13-22(3)14-25(18-24)31(41)38(11-6-10-36-12-7-35-21-36)20-29(39)28(34)17-23-15-26(32)19-27(33)16-23/h7,12-16,18-19,21,28-29,39H,4-6,8-11,17,20,34H2,1-3H3/t28-,29+/m0/s1. The number of benzene rings is 2. The van der Waals surface area contributed by atoms with Gasteiger partial charge in [0.25, 0.3) is 11.8 Å². The molecule has 222 valence electrons. The van der Waals surface area contributed by atoms with Crippen LogP contribution in [0.3, 0.4) is 0 Å². The van der Waals surface area contributed by atoms with E-state index < -0.39 is 23.8 Å². The zero-order chi connectivity index (χ0) is 29.9. The molecule has 0 saturated carbocycles. The Labute approximate surface area is 240 Å². The topological polar surface area (TPSA) is 105 Å². The summed E-state index contributed by atoms with van der Waals surface area (Å²) in [5.41, 5.74) is 8.10. The molecule has 3 rings (SSSR count). The van der Waals surface area contributed by atoms with E-state index in [4.69, 9.17) is 5.73 Å². The fourth-order valence-corrected chi connectivity index (χ4v) is 4.89. The first-order valence-electron chi connectivity index (χ1n) is 14.2. The highest BCUT2D eigenvalue weighted by molar-refractivity contribution is 6.00. The number of imidazole rings is 1. The van der Waals surface area contributed by atoms with Crippen molar-refractivity contribution in [2.45, 2.75) is 65.1 Å². The van der Waals surface area contributed by atoms with Crippen molar-refractivity contribution in [2.75, 3.05) is 26.2 Å². The molecular weight excluding hydrogens is 528 g/mol. The summed E-state index contributed by atoms with van der Waals surface area (Å²) >= 11 is 0. The van der Waals surface area contributed by atoms with Gasteiger partial charge in [0.1, 0.15) is 11.6 Å². The van der Waals surface area contributed by atoms with Gasteiger partial charge in [0.05, 0.1) is 12.4 Å². The van der Waals surface area contributed by atoms with Gasteiger partial charge in [-0.3, -0.25) is 9.59 Å². The van der Waals surface area contributed by atoms with Gasteiger partial charge in [-0.15, -0.1) is 0 Å². The summed E-state index contributed by atoms with van der Waals surface area (Å²) in [5.74, 6) is -1.91. The normalized spacial score (nSPS) is 12.7. The Morgan fingerprint density at radius 1 is 0.951 bits per heavy atom. The zero-order valence-electron chi connectivity index (χ0n) is 24.1. The quantitative estimate of drug-likeness (QED) is 0.286. The lowest BCUT2D eigenvalue weighted by Crippen LogP contribution is -2.47. The zero-order valence-corrected chi connectivity index (χ0v) is 24.1. The molecule has 1 aromatic heterocycles. The van der Waals surface area contributed by atoms with E-state index in [1.807, 2.05) is 31.5 Å². The Balaban J connectivity index is 1.81. The van der Waals surface area contributed by atoms with Gasteiger partial charge < -0.3 is 25.2 Å². The number of rotatable bonds is 15. The highest BCUT2D eigenvalue weighted by Crippen LogP contribution is 2.17. The fourth-order valence-electron chi connectivity index (χ4n) is 4.89. The second kappa shape index (κ2) is 15.4. The summed E-state index contributed by atoms with van der Waals surface area (Å²) in [5, 5.41) is 11.0. The molecular formula is C31H41F2N5O3. The molecule has 8 nitrogen and oxygen atoms in total. The number of aliphatic hydroxyl groups is 1. The van der Waals surface area contributed by atoms with E-state index in [9.17, 15) is 23.5 Å². The molecule has 0 unspecified atom stereocenters. The van der Waals surface area contributed by atoms with Crippen LogP contribution >= 0.6 is 0 Å². The van der Waals surface area contributed by atoms with Crippen molar-refractivity contribution >= 4 is 11.8 Å². The molecule has 0 aliphatic heterocycles. The average molecular weight is 570 g/mol. The number of nitrogens with zero attached hydrogens (tertiary/aromatic N) is 4. The van der Waals surface area contributed by atoms with Crippen LogP contribution in [0.2, 0.25) is 0 Å². The Hall–Kier alpha value is -3.63. The average Bonchev–Trinajstić information content (AvgIpc) is 3.44. The summed E-state index contributed by atoms with van der Waals surface area (Å²) < 4.78 is 29.2. The Morgan fingerprint density at radius 3 is 2.12 bits per heavy atom. The number of aryl methyl sites for hydroxylation is 2. The van der Waals surface area contributed by atoms with Crippen LogP contribution in [0.25, 0.3) is 0 Å². The first-order chi connectivity index (χ1) is 19.6. The smallest absolute Gasteiger partial charge is 0.253 e. The number of aliphatic hydroxyl groups excluding tert-OH is 1. The molecule has 41 heavy (non-hydrogen) atoms. The van der Waals surface area contributed by atoms with E-state index >= 15 is 0 Å². The fraction of sp³-hybridized carbons (Fsp3) is 0.452. The number of halogens is 2. The van der Waals surface area contributed by atoms with Gasteiger partial charge in [0.2, 0.25) is 0 Å². The van der Waals surface area contributed by atoms with Crippen LogP contribution in [-0.2, 0) is 13.0 Å². The lowest BCUT2D eigenvalue weighted by molar-refractivity contribution is 0.0568. The summed E-state index contributed by atoms with van der Waals surface area (Å²) in [6.45, 7) is 7.96. The van der Waals surface area contributed by atoms with E-state index in [1.165, 1.54) is 17.0 Å². The minimum Gasteiger partial charge on any atom is -0.390 e. The van der Waals surface area contributed by atoms with Crippen LogP contribution in [0, 0.1) is 18.6 Å². The van der Waals surface area contributed by atoms with Crippen LogP contribution in [0.1, 0.15) is 65.0 Å². The lowest BCUT2D eigenvalue weighted by Gasteiger charge is -2.29. The van der Waals surface area contributed by atoms with Gasteiger partial charge in [0, 0.05) is 68.4 Å². The van der Waals surface area contributed by atoms with Crippen molar-refractivity contribution in [3.63, 3.8) is 0 Å². The molecule has 0 bridgehead atoms. The second-order valence-corrected chi connectivity index (χ2v) is 10.5. The molecule has 1 heterocycles. The Bertz CT molecular complexity index is 1260. The number of amides is 2. The van der Waals surface area contributed by atoms with Gasteiger partial charge in [-0.05, 0) is 74.1 Å². The molecule has 0 aliphatic carbocycles. The van der Waals surface area contributed by atoms with Crippen molar-refractivity contribution in [3.05, 3.63) is 89.0 Å². The first kappa shape index (κ1) is 31.9. The van der Waals surface area contributed by atoms with Crippen LogP contribution in [-0.4, -0.2) is 74.6 Å². The van der Waals surface area contributed by atoms with Crippen molar-refractivity contribution in [1.82, 2.24) is 19.4 Å². The molecule has 0 saturated heterocycles. The predicted molar refractivity (Wildman–Crippen MR) is 154 cm³/mol. The summed E-state index contributed by atoms with van der Waals surface area (Å²) in [7, 11) is 0. The van der Waals surface area contributed by atoms with Crippen LogP contribution in [0.15, 0.2) is 55.1 Å². The minimum atomic E-state index is -1.16. The summed E-state index contributed by atoms with van der Waals surface area (Å²) in [6.07, 6.45) is 6.29.